The summed E-state index contributed by atoms with van der Waals surface area (Å²) in [5.74, 6) is 1.44. The first-order valence-corrected chi connectivity index (χ1v) is 10.8. The second kappa shape index (κ2) is 7.75. The van der Waals surface area contributed by atoms with Crippen molar-refractivity contribution in [3.8, 4) is 0 Å². The number of hydrogen-bond acceptors (Lipinski definition) is 4. The SMILES string of the molecule is CC(C1CC1)n1nccc1NC(=O)CN1CCC(n2c(=O)[nH]c3ccccc32)CC1. The Hall–Kier alpha value is -2.87. The Bertz CT molecular complexity index is 1100. The molecule has 0 radical (unpaired) electrons. The van der Waals surface area contributed by atoms with Crippen LogP contribution in [0.25, 0.3) is 11.0 Å². The van der Waals surface area contributed by atoms with E-state index in [4.69, 9.17) is 0 Å². The summed E-state index contributed by atoms with van der Waals surface area (Å²) in [6, 6.07) is 10.2. The molecule has 2 aromatic heterocycles. The van der Waals surface area contributed by atoms with Crippen LogP contribution in [-0.4, -0.2) is 49.8 Å². The summed E-state index contributed by atoms with van der Waals surface area (Å²) in [5.41, 5.74) is 1.78. The van der Waals surface area contributed by atoms with Crippen molar-refractivity contribution in [2.75, 3.05) is 25.0 Å². The van der Waals surface area contributed by atoms with Crippen molar-refractivity contribution in [1.82, 2.24) is 24.2 Å². The van der Waals surface area contributed by atoms with E-state index in [-0.39, 0.29) is 17.6 Å². The second-order valence-electron chi connectivity index (χ2n) is 8.61. The Balaban J connectivity index is 1.19. The molecule has 1 saturated carbocycles. The number of fused-ring (bicyclic) bond motifs is 1. The number of carbonyl (C=O) groups is 1. The standard InChI is InChI=1S/C22H28N6O2/c1-15(16-6-7-16)28-20(8-11-23-28)25-21(29)14-26-12-9-17(10-13-26)27-19-5-3-2-4-18(19)24-22(27)30/h2-5,8,11,15-17H,6-7,9-10,12-14H2,1H3,(H,24,30)(H,25,29). The summed E-state index contributed by atoms with van der Waals surface area (Å²) in [5, 5.41) is 7.43. The Morgan fingerprint density at radius 3 is 2.73 bits per heavy atom. The Kier molecular flexibility index (Phi) is 4.94. The van der Waals surface area contributed by atoms with Crippen LogP contribution < -0.4 is 11.0 Å². The summed E-state index contributed by atoms with van der Waals surface area (Å²) in [6.45, 7) is 4.11. The third-order valence-electron chi connectivity index (χ3n) is 6.54. The molecule has 2 aliphatic rings. The van der Waals surface area contributed by atoms with E-state index in [9.17, 15) is 9.59 Å². The van der Waals surface area contributed by atoms with Gasteiger partial charge in [-0.25, -0.2) is 9.48 Å². The first-order valence-electron chi connectivity index (χ1n) is 10.8. The lowest BCUT2D eigenvalue weighted by atomic mass is 10.0. The summed E-state index contributed by atoms with van der Waals surface area (Å²) >= 11 is 0. The molecule has 158 valence electrons. The van der Waals surface area contributed by atoms with Gasteiger partial charge in [0.2, 0.25) is 5.91 Å². The van der Waals surface area contributed by atoms with Gasteiger partial charge in [0.25, 0.3) is 0 Å². The summed E-state index contributed by atoms with van der Waals surface area (Å²) < 4.78 is 3.82. The predicted octanol–water partition coefficient (Wildman–Crippen LogP) is 2.77. The monoisotopic (exact) mass is 408 g/mol. The van der Waals surface area contributed by atoms with Gasteiger partial charge in [-0.15, -0.1) is 0 Å². The molecular formula is C22H28N6O2. The van der Waals surface area contributed by atoms with Gasteiger partial charge in [0.05, 0.1) is 29.8 Å². The highest BCUT2D eigenvalue weighted by Crippen LogP contribution is 2.40. The van der Waals surface area contributed by atoms with Gasteiger partial charge in [0.15, 0.2) is 0 Å². The molecule has 1 amide bonds. The molecule has 1 atom stereocenters. The number of piperidine rings is 1. The number of nitrogens with zero attached hydrogens (tertiary/aromatic N) is 4. The van der Waals surface area contributed by atoms with E-state index in [0.717, 1.165) is 42.8 Å². The van der Waals surface area contributed by atoms with Crippen molar-refractivity contribution < 1.29 is 4.79 Å². The zero-order valence-electron chi connectivity index (χ0n) is 17.3. The average molecular weight is 409 g/mol. The smallest absolute Gasteiger partial charge is 0.310 e. The zero-order chi connectivity index (χ0) is 20.7. The number of benzene rings is 1. The van der Waals surface area contributed by atoms with E-state index in [0.29, 0.717) is 18.5 Å². The van der Waals surface area contributed by atoms with E-state index in [2.05, 4.69) is 27.2 Å². The number of nitrogens with one attached hydrogen (secondary N) is 2. The van der Waals surface area contributed by atoms with E-state index in [1.807, 2.05) is 39.6 Å². The van der Waals surface area contributed by atoms with Crippen molar-refractivity contribution in [3.63, 3.8) is 0 Å². The van der Waals surface area contributed by atoms with Gasteiger partial charge in [-0.05, 0) is 50.7 Å². The summed E-state index contributed by atoms with van der Waals surface area (Å²) in [4.78, 5) is 30.2. The fraction of sp³-hybridized carbons (Fsp3) is 0.500. The minimum absolute atomic E-state index is 0.0116. The van der Waals surface area contributed by atoms with E-state index < -0.39 is 0 Å². The number of anilines is 1. The fourth-order valence-corrected chi connectivity index (χ4v) is 4.67. The summed E-state index contributed by atoms with van der Waals surface area (Å²) in [7, 11) is 0. The highest BCUT2D eigenvalue weighted by atomic mass is 16.2. The van der Waals surface area contributed by atoms with Crippen LogP contribution in [0.2, 0.25) is 0 Å². The van der Waals surface area contributed by atoms with Crippen molar-refractivity contribution >= 4 is 22.8 Å². The molecule has 1 unspecified atom stereocenters. The molecule has 1 aromatic carbocycles. The highest BCUT2D eigenvalue weighted by molar-refractivity contribution is 5.91. The molecule has 2 N–H and O–H groups in total. The number of rotatable bonds is 6. The minimum atomic E-state index is -0.0505. The van der Waals surface area contributed by atoms with Crippen molar-refractivity contribution in [1.29, 1.82) is 0 Å². The lowest BCUT2D eigenvalue weighted by Gasteiger charge is -2.32. The first kappa shape index (κ1) is 19.1. The van der Waals surface area contributed by atoms with E-state index in [1.165, 1.54) is 12.8 Å². The molecular weight excluding hydrogens is 380 g/mol. The third-order valence-corrected chi connectivity index (χ3v) is 6.54. The number of imidazole rings is 1. The molecule has 8 heteroatoms. The van der Waals surface area contributed by atoms with Crippen LogP contribution in [0.15, 0.2) is 41.3 Å². The molecule has 1 aliphatic carbocycles. The first-order chi connectivity index (χ1) is 14.6. The largest absolute Gasteiger partial charge is 0.326 e. The van der Waals surface area contributed by atoms with Crippen LogP contribution in [0.3, 0.4) is 0 Å². The number of likely N-dealkylation sites (tertiary alicyclic amines) is 1. The minimum Gasteiger partial charge on any atom is -0.310 e. The Morgan fingerprint density at radius 1 is 1.20 bits per heavy atom. The van der Waals surface area contributed by atoms with Crippen molar-refractivity contribution in [2.24, 2.45) is 5.92 Å². The van der Waals surface area contributed by atoms with E-state index >= 15 is 0 Å². The number of aromatic nitrogens is 4. The number of para-hydroxylation sites is 2. The van der Waals surface area contributed by atoms with Crippen LogP contribution in [0.5, 0.6) is 0 Å². The zero-order valence-corrected chi connectivity index (χ0v) is 17.3. The topological polar surface area (TPSA) is 87.9 Å². The molecule has 30 heavy (non-hydrogen) atoms. The third kappa shape index (κ3) is 3.67. The summed E-state index contributed by atoms with van der Waals surface area (Å²) in [6.07, 6.45) is 5.93. The Labute approximate surface area is 174 Å². The molecule has 8 nitrogen and oxygen atoms in total. The van der Waals surface area contributed by atoms with E-state index in [1.54, 1.807) is 6.20 Å². The van der Waals surface area contributed by atoms with Crippen LogP contribution >= 0.6 is 0 Å². The van der Waals surface area contributed by atoms with Crippen molar-refractivity contribution in [2.45, 2.75) is 44.7 Å². The molecule has 3 heterocycles. The maximum atomic E-state index is 12.6. The van der Waals surface area contributed by atoms with Gasteiger partial charge < -0.3 is 10.3 Å². The maximum absolute atomic E-state index is 12.6. The molecule has 1 saturated heterocycles. The quantitative estimate of drug-likeness (QED) is 0.657. The van der Waals surface area contributed by atoms with Crippen LogP contribution in [0, 0.1) is 5.92 Å². The molecule has 5 rings (SSSR count). The van der Waals surface area contributed by atoms with Gasteiger partial charge >= 0.3 is 5.69 Å². The predicted molar refractivity (Wildman–Crippen MR) is 116 cm³/mol. The average Bonchev–Trinajstić information content (AvgIpc) is 3.40. The lowest BCUT2D eigenvalue weighted by Crippen LogP contribution is -2.41. The van der Waals surface area contributed by atoms with Gasteiger partial charge in [-0.3, -0.25) is 14.3 Å². The molecule has 1 aliphatic heterocycles. The van der Waals surface area contributed by atoms with Gasteiger partial charge in [-0.1, -0.05) is 12.1 Å². The molecule has 2 fully saturated rings. The van der Waals surface area contributed by atoms with Gasteiger partial charge in [0.1, 0.15) is 5.82 Å². The number of carbonyl (C=O) groups excluding carboxylic acids is 1. The van der Waals surface area contributed by atoms with Crippen molar-refractivity contribution in [3.05, 3.63) is 47.0 Å². The number of aromatic amines is 1. The number of amides is 1. The molecule has 0 bridgehead atoms. The maximum Gasteiger partial charge on any atom is 0.326 e. The Morgan fingerprint density at radius 2 is 1.97 bits per heavy atom. The molecule has 0 spiro atoms. The number of hydrogen-bond donors (Lipinski definition) is 2. The van der Waals surface area contributed by atoms with Crippen LogP contribution in [0.4, 0.5) is 5.82 Å². The number of H-pyrrole nitrogens is 1. The normalized spacial score (nSPS) is 19.2. The van der Waals surface area contributed by atoms with Gasteiger partial charge in [0, 0.05) is 25.2 Å². The van der Waals surface area contributed by atoms with Crippen LogP contribution in [0.1, 0.15) is 44.7 Å². The van der Waals surface area contributed by atoms with Crippen LogP contribution in [-0.2, 0) is 4.79 Å². The fourth-order valence-electron chi connectivity index (χ4n) is 4.67. The molecule has 3 aromatic rings. The highest BCUT2D eigenvalue weighted by Gasteiger charge is 2.31. The lowest BCUT2D eigenvalue weighted by molar-refractivity contribution is -0.117. The second-order valence-corrected chi connectivity index (χ2v) is 8.61. The van der Waals surface area contributed by atoms with Gasteiger partial charge in [-0.2, -0.15) is 5.10 Å².